The third-order valence-electron chi connectivity index (χ3n) is 4.75. The van der Waals surface area contributed by atoms with Gasteiger partial charge in [-0.05, 0) is 37.2 Å². The maximum Gasteiger partial charge on any atom is 0.223 e. The molecule has 0 aliphatic carbocycles. The summed E-state index contributed by atoms with van der Waals surface area (Å²) < 4.78 is 44.1. The number of aryl methyl sites for hydroxylation is 2. The Hall–Kier alpha value is -1.91. The molecule has 0 radical (unpaired) electrons. The first-order valence-electron chi connectivity index (χ1n) is 8.94. The molecule has 0 amide bonds. The van der Waals surface area contributed by atoms with Crippen molar-refractivity contribution in [3.05, 3.63) is 46.4 Å². The van der Waals surface area contributed by atoms with E-state index in [0.29, 0.717) is 5.88 Å². The van der Waals surface area contributed by atoms with Crippen LogP contribution in [-0.4, -0.2) is 48.1 Å². The largest absolute Gasteiger partial charge is 0.438 e. The zero-order chi connectivity index (χ0) is 19.7. The molecule has 2 aliphatic rings. The van der Waals surface area contributed by atoms with Crippen LogP contribution in [-0.2, 0) is 18.9 Å². The van der Waals surface area contributed by atoms with Crippen LogP contribution in [0.3, 0.4) is 0 Å². The van der Waals surface area contributed by atoms with Crippen molar-refractivity contribution in [1.82, 2.24) is 9.55 Å². The predicted octanol–water partition coefficient (Wildman–Crippen LogP) is 3.60. The number of nitrogens with zero attached hydrogens (tertiary/aromatic N) is 2. The molecule has 1 unspecified atom stereocenters. The van der Waals surface area contributed by atoms with Crippen LogP contribution in [0.15, 0.2) is 30.5 Å². The minimum absolute atomic E-state index is 0.0517. The van der Waals surface area contributed by atoms with E-state index in [-0.39, 0.29) is 25.0 Å². The second-order valence-electron chi connectivity index (χ2n) is 6.73. The lowest BCUT2D eigenvalue weighted by Gasteiger charge is -2.22. The number of rotatable bonds is 3. The summed E-state index contributed by atoms with van der Waals surface area (Å²) in [6, 6.07) is 7.51. The Morgan fingerprint density at radius 2 is 1.96 bits per heavy atom. The molecule has 4 rings (SSSR count). The number of halogens is 1. The third kappa shape index (κ3) is 3.81. The van der Waals surface area contributed by atoms with Crippen LogP contribution in [0, 0.1) is 18.6 Å². The van der Waals surface area contributed by atoms with Crippen molar-refractivity contribution in [2.24, 2.45) is 0 Å². The van der Waals surface area contributed by atoms with Gasteiger partial charge in [-0.3, -0.25) is 4.57 Å². The van der Waals surface area contributed by atoms with E-state index in [4.69, 9.17) is 35.9 Å². The second kappa shape index (κ2) is 8.22. The summed E-state index contributed by atoms with van der Waals surface area (Å²) in [7, 11) is 0. The Bertz CT molecular complexity index is 888. The Balaban J connectivity index is 1.56. The van der Waals surface area contributed by atoms with Crippen molar-refractivity contribution in [3.63, 3.8) is 0 Å². The van der Waals surface area contributed by atoms with E-state index < -0.39 is 24.6 Å². The molecular weight excluding hydrogens is 387 g/mol. The molecule has 0 bridgehead atoms. The van der Waals surface area contributed by atoms with Gasteiger partial charge < -0.3 is 23.7 Å². The lowest BCUT2D eigenvalue weighted by molar-refractivity contribution is -0.203. The van der Waals surface area contributed by atoms with Crippen LogP contribution in [0.4, 0.5) is 4.39 Å². The van der Waals surface area contributed by atoms with Gasteiger partial charge in [0.25, 0.3) is 0 Å². The summed E-state index contributed by atoms with van der Waals surface area (Å²) in [6.07, 6.45) is -2.11. The second-order valence-corrected chi connectivity index (χ2v) is 7.10. The molecular formula is C19H21FN2O5S. The van der Waals surface area contributed by atoms with E-state index in [0.717, 1.165) is 16.9 Å². The highest BCUT2D eigenvalue weighted by atomic mass is 32.1. The van der Waals surface area contributed by atoms with E-state index in [1.54, 1.807) is 12.3 Å². The molecule has 3 heterocycles. The highest BCUT2D eigenvalue weighted by molar-refractivity contribution is 7.71. The molecule has 2 aliphatic heterocycles. The summed E-state index contributed by atoms with van der Waals surface area (Å²) in [6.45, 7) is 4.12. The van der Waals surface area contributed by atoms with E-state index in [9.17, 15) is 4.39 Å². The number of hydrogen-bond acceptors (Lipinski definition) is 7. The first-order chi connectivity index (χ1) is 13.5. The smallest absolute Gasteiger partial charge is 0.223 e. The van der Waals surface area contributed by atoms with E-state index in [1.165, 1.54) is 4.57 Å². The van der Waals surface area contributed by atoms with Crippen LogP contribution < -0.4 is 4.74 Å². The lowest BCUT2D eigenvalue weighted by atomic mass is 10.1. The minimum atomic E-state index is -1.44. The minimum Gasteiger partial charge on any atom is -0.438 e. The Morgan fingerprint density at radius 1 is 1.18 bits per heavy atom. The Kier molecular flexibility index (Phi) is 5.70. The third-order valence-corrected chi connectivity index (χ3v) is 5.06. The van der Waals surface area contributed by atoms with Crippen LogP contribution in [0.2, 0.25) is 0 Å². The van der Waals surface area contributed by atoms with Gasteiger partial charge in [0.05, 0.1) is 6.61 Å². The first-order valence-corrected chi connectivity index (χ1v) is 9.35. The first kappa shape index (κ1) is 19.4. The van der Waals surface area contributed by atoms with Crippen LogP contribution in [0.25, 0.3) is 0 Å². The Labute approximate surface area is 167 Å². The summed E-state index contributed by atoms with van der Waals surface area (Å²) in [5.74, 6) is 1.07. The van der Waals surface area contributed by atoms with Crippen LogP contribution in [0.1, 0.15) is 17.4 Å². The molecule has 0 N–H and O–H groups in total. The highest BCUT2D eigenvalue weighted by Crippen LogP contribution is 2.35. The van der Waals surface area contributed by atoms with Gasteiger partial charge in [0, 0.05) is 12.3 Å². The molecule has 4 atom stereocenters. The van der Waals surface area contributed by atoms with Gasteiger partial charge in [-0.2, -0.15) is 4.98 Å². The maximum atomic E-state index is 15.0. The average molecular weight is 408 g/mol. The van der Waals surface area contributed by atoms with Gasteiger partial charge in [-0.25, -0.2) is 4.39 Å². The molecule has 2 saturated heterocycles. The van der Waals surface area contributed by atoms with Gasteiger partial charge in [0.15, 0.2) is 12.4 Å². The quantitative estimate of drug-likeness (QED) is 0.719. The lowest BCUT2D eigenvalue weighted by Crippen LogP contribution is -2.37. The topological polar surface area (TPSA) is 64.0 Å². The summed E-state index contributed by atoms with van der Waals surface area (Å²) >= 11 is 5.36. The Morgan fingerprint density at radius 3 is 2.71 bits per heavy atom. The predicted molar refractivity (Wildman–Crippen MR) is 99.5 cm³/mol. The highest BCUT2D eigenvalue weighted by Gasteiger charge is 2.47. The number of alkyl halides is 1. The number of fused-ring (bicyclic) bond motifs is 1. The molecule has 2 aromatic rings. The molecule has 28 heavy (non-hydrogen) atoms. The van der Waals surface area contributed by atoms with Crippen LogP contribution in [0.5, 0.6) is 11.6 Å². The van der Waals surface area contributed by atoms with Crippen molar-refractivity contribution >= 4 is 12.2 Å². The molecule has 9 heteroatoms. The molecule has 1 aromatic heterocycles. The van der Waals surface area contributed by atoms with Gasteiger partial charge in [0.2, 0.25) is 10.7 Å². The fraction of sp³-hybridized carbons (Fsp3) is 0.474. The number of para-hydroxylation sites is 1. The molecule has 0 saturated carbocycles. The van der Waals surface area contributed by atoms with E-state index in [1.807, 2.05) is 32.0 Å². The van der Waals surface area contributed by atoms with Gasteiger partial charge in [-0.1, -0.05) is 18.2 Å². The van der Waals surface area contributed by atoms with Crippen molar-refractivity contribution in [3.8, 4) is 11.6 Å². The van der Waals surface area contributed by atoms with Gasteiger partial charge in [-0.15, -0.1) is 0 Å². The number of benzene rings is 1. The standard InChI is InChI=1S/C19H21FN2O5S/c1-11-4-3-5-12(2)16(11)27-14-6-7-22(19(28)21-14)18-15(20)17-13(26-18)8-23-9-24-10-25-17/h3-7,13,15,17-18H,8-10H2,1-2H3/t13-,15?,17+,18-/m1/s1. The van der Waals surface area contributed by atoms with E-state index >= 15 is 0 Å². The van der Waals surface area contributed by atoms with Gasteiger partial charge in [0.1, 0.15) is 31.5 Å². The SMILES string of the molecule is Cc1cccc(C)c1Oc1ccn([C@@H]2O[C@@H]3COCOCO[C@@H]3C2F)c(=S)n1. The summed E-state index contributed by atoms with van der Waals surface area (Å²) in [5.41, 5.74) is 1.98. The van der Waals surface area contributed by atoms with Crippen LogP contribution >= 0.6 is 12.2 Å². The van der Waals surface area contributed by atoms with Gasteiger partial charge >= 0.3 is 0 Å². The normalized spacial score (nSPS) is 27.7. The molecule has 7 nitrogen and oxygen atoms in total. The number of ether oxygens (including phenoxy) is 5. The van der Waals surface area contributed by atoms with Crippen molar-refractivity contribution < 1.29 is 28.1 Å². The summed E-state index contributed by atoms with van der Waals surface area (Å²) in [5, 5.41) is 0. The monoisotopic (exact) mass is 408 g/mol. The van der Waals surface area contributed by atoms with Crippen molar-refractivity contribution in [2.45, 2.75) is 38.5 Å². The molecule has 0 spiro atoms. The fourth-order valence-corrected chi connectivity index (χ4v) is 3.60. The molecule has 2 fully saturated rings. The van der Waals surface area contributed by atoms with Crippen molar-refractivity contribution in [2.75, 3.05) is 20.2 Å². The fourth-order valence-electron chi connectivity index (χ4n) is 3.35. The number of aromatic nitrogens is 2. The zero-order valence-corrected chi connectivity index (χ0v) is 16.4. The average Bonchev–Trinajstić information content (AvgIpc) is 2.93. The maximum absolute atomic E-state index is 15.0. The summed E-state index contributed by atoms with van der Waals surface area (Å²) in [4.78, 5) is 4.30. The molecule has 1 aromatic carbocycles. The zero-order valence-electron chi connectivity index (χ0n) is 15.5. The number of hydrogen-bond donors (Lipinski definition) is 0. The van der Waals surface area contributed by atoms with Crippen molar-refractivity contribution in [1.29, 1.82) is 0 Å². The van der Waals surface area contributed by atoms with E-state index in [2.05, 4.69) is 4.98 Å². The molecule has 150 valence electrons.